The highest BCUT2D eigenvalue weighted by atomic mass is 32.1. The van der Waals surface area contributed by atoms with Crippen LogP contribution in [0, 0.1) is 6.92 Å². The third-order valence-corrected chi connectivity index (χ3v) is 4.70. The van der Waals surface area contributed by atoms with Crippen molar-refractivity contribution in [3.63, 3.8) is 0 Å². The second-order valence-corrected chi connectivity index (χ2v) is 6.15. The normalized spacial score (nSPS) is 15.2. The average molecular weight is 303 g/mol. The first kappa shape index (κ1) is 14.1. The Morgan fingerprint density at radius 2 is 1.90 bits per heavy atom. The molecular formula is C16H17NO3S. The number of benzene rings is 1. The lowest BCUT2D eigenvalue weighted by Crippen LogP contribution is -2.40. The molecule has 110 valence electrons. The van der Waals surface area contributed by atoms with Gasteiger partial charge in [-0.15, -0.1) is 11.3 Å². The van der Waals surface area contributed by atoms with Gasteiger partial charge < -0.3 is 14.7 Å². The molecule has 2 aromatic rings. The summed E-state index contributed by atoms with van der Waals surface area (Å²) in [6, 6.07) is 9.72. The van der Waals surface area contributed by atoms with Gasteiger partial charge in [0.2, 0.25) is 0 Å². The summed E-state index contributed by atoms with van der Waals surface area (Å²) in [4.78, 5) is 15.5. The molecule has 1 N–H and O–H groups in total. The van der Waals surface area contributed by atoms with Crippen LogP contribution < -0.4 is 0 Å². The second kappa shape index (κ2) is 5.87. The second-order valence-electron chi connectivity index (χ2n) is 5.10. The molecule has 2 heterocycles. The summed E-state index contributed by atoms with van der Waals surface area (Å²) in [7, 11) is 0. The highest BCUT2D eigenvalue weighted by Crippen LogP contribution is 2.36. The number of rotatable bonds is 2. The van der Waals surface area contributed by atoms with Gasteiger partial charge in [0, 0.05) is 18.0 Å². The Labute approximate surface area is 127 Å². The quantitative estimate of drug-likeness (QED) is 0.928. The molecule has 0 saturated carbocycles. The van der Waals surface area contributed by atoms with E-state index < -0.39 is 0 Å². The van der Waals surface area contributed by atoms with Crippen LogP contribution in [0.25, 0.3) is 10.4 Å². The van der Waals surface area contributed by atoms with Gasteiger partial charge in [0.1, 0.15) is 10.6 Å². The molecule has 3 rings (SSSR count). The lowest BCUT2D eigenvalue weighted by Gasteiger charge is -2.26. The first-order chi connectivity index (χ1) is 10.1. The lowest BCUT2D eigenvalue weighted by atomic mass is 10.1. The van der Waals surface area contributed by atoms with Gasteiger partial charge in [0.15, 0.2) is 0 Å². The predicted molar refractivity (Wildman–Crippen MR) is 82.9 cm³/mol. The maximum Gasteiger partial charge on any atom is 0.267 e. The largest absolute Gasteiger partial charge is 0.506 e. The Bertz CT molecular complexity index is 642. The summed E-state index contributed by atoms with van der Waals surface area (Å²) in [6.45, 7) is 4.31. The Morgan fingerprint density at radius 3 is 2.57 bits per heavy atom. The van der Waals surface area contributed by atoms with Crippen LogP contribution in [0.15, 0.2) is 30.3 Å². The Kier molecular flexibility index (Phi) is 3.94. The lowest BCUT2D eigenvalue weighted by molar-refractivity contribution is 0.0304. The van der Waals surface area contributed by atoms with Gasteiger partial charge in [0.25, 0.3) is 5.91 Å². The van der Waals surface area contributed by atoms with Crippen molar-refractivity contribution in [2.24, 2.45) is 0 Å². The molecule has 0 spiro atoms. The van der Waals surface area contributed by atoms with E-state index in [1.807, 2.05) is 31.2 Å². The first-order valence-corrected chi connectivity index (χ1v) is 7.73. The first-order valence-electron chi connectivity index (χ1n) is 6.92. The van der Waals surface area contributed by atoms with Crippen molar-refractivity contribution in [3.8, 4) is 16.2 Å². The molecule has 1 aliphatic rings. The van der Waals surface area contributed by atoms with Gasteiger partial charge in [0.05, 0.1) is 13.2 Å². The number of hydrogen-bond acceptors (Lipinski definition) is 4. The van der Waals surface area contributed by atoms with E-state index in [0.29, 0.717) is 31.2 Å². The highest BCUT2D eigenvalue weighted by Gasteiger charge is 2.23. The summed E-state index contributed by atoms with van der Waals surface area (Å²) in [6.07, 6.45) is 0. The van der Waals surface area contributed by atoms with Gasteiger partial charge in [-0.05, 0) is 18.6 Å². The SMILES string of the molecule is Cc1ccc(-c2cc(O)c(C(=O)N3CCOCC3)s2)cc1. The van der Waals surface area contributed by atoms with E-state index in [9.17, 15) is 9.90 Å². The van der Waals surface area contributed by atoms with E-state index in [1.54, 1.807) is 11.0 Å². The van der Waals surface area contributed by atoms with Gasteiger partial charge in [-0.25, -0.2) is 0 Å². The minimum absolute atomic E-state index is 0.0621. The molecule has 0 bridgehead atoms. The summed E-state index contributed by atoms with van der Waals surface area (Å²) in [5.74, 6) is -0.0498. The zero-order chi connectivity index (χ0) is 14.8. The standard InChI is InChI=1S/C16H17NO3S/c1-11-2-4-12(5-3-11)14-10-13(18)15(21-14)16(19)17-6-8-20-9-7-17/h2-5,10,18H,6-9H2,1H3. The van der Waals surface area contributed by atoms with Crippen molar-refractivity contribution >= 4 is 17.2 Å². The topological polar surface area (TPSA) is 49.8 Å². The number of carbonyl (C=O) groups excluding carboxylic acids is 1. The van der Waals surface area contributed by atoms with Crippen LogP contribution in [0.4, 0.5) is 0 Å². The third-order valence-electron chi connectivity index (χ3n) is 3.54. The molecule has 1 aliphatic heterocycles. The fourth-order valence-electron chi connectivity index (χ4n) is 2.30. The molecule has 21 heavy (non-hydrogen) atoms. The van der Waals surface area contributed by atoms with Crippen molar-refractivity contribution in [2.75, 3.05) is 26.3 Å². The molecule has 4 nitrogen and oxygen atoms in total. The van der Waals surface area contributed by atoms with Crippen LogP contribution in [-0.4, -0.2) is 42.2 Å². The summed E-state index contributed by atoms with van der Waals surface area (Å²) in [5.41, 5.74) is 2.20. The van der Waals surface area contributed by atoms with Crippen molar-refractivity contribution < 1.29 is 14.6 Å². The van der Waals surface area contributed by atoms with Crippen LogP contribution in [-0.2, 0) is 4.74 Å². The molecule has 1 aromatic heterocycles. The maximum absolute atomic E-state index is 12.4. The predicted octanol–water partition coefficient (Wildman–Crippen LogP) is 2.90. The van der Waals surface area contributed by atoms with Crippen molar-refractivity contribution in [2.45, 2.75) is 6.92 Å². The minimum Gasteiger partial charge on any atom is -0.506 e. The van der Waals surface area contributed by atoms with Crippen molar-refractivity contribution in [1.82, 2.24) is 4.90 Å². The smallest absolute Gasteiger partial charge is 0.267 e. The van der Waals surface area contributed by atoms with Gasteiger partial charge in [-0.1, -0.05) is 29.8 Å². The van der Waals surface area contributed by atoms with E-state index in [0.717, 1.165) is 10.4 Å². The molecular weight excluding hydrogens is 286 g/mol. The van der Waals surface area contributed by atoms with Gasteiger partial charge in [-0.2, -0.15) is 0 Å². The van der Waals surface area contributed by atoms with Gasteiger partial charge >= 0.3 is 0 Å². The summed E-state index contributed by atoms with van der Waals surface area (Å²) in [5, 5.41) is 10.1. The zero-order valence-corrected chi connectivity index (χ0v) is 12.7. The Hall–Kier alpha value is -1.85. The Morgan fingerprint density at radius 1 is 1.24 bits per heavy atom. The number of hydrogen-bond donors (Lipinski definition) is 1. The summed E-state index contributed by atoms with van der Waals surface area (Å²) >= 11 is 1.34. The van der Waals surface area contributed by atoms with Crippen LogP contribution in [0.5, 0.6) is 5.75 Å². The van der Waals surface area contributed by atoms with Crippen LogP contribution in [0.2, 0.25) is 0 Å². The molecule has 0 radical (unpaired) electrons. The number of amides is 1. The number of nitrogens with zero attached hydrogens (tertiary/aromatic N) is 1. The fraction of sp³-hybridized carbons (Fsp3) is 0.312. The van der Waals surface area contributed by atoms with Crippen LogP contribution in [0.3, 0.4) is 0 Å². The molecule has 0 unspecified atom stereocenters. The molecule has 1 saturated heterocycles. The van der Waals surface area contributed by atoms with E-state index >= 15 is 0 Å². The number of thiophene rings is 1. The monoisotopic (exact) mass is 303 g/mol. The van der Waals surface area contributed by atoms with E-state index in [1.165, 1.54) is 16.9 Å². The third kappa shape index (κ3) is 2.94. The van der Waals surface area contributed by atoms with E-state index in [2.05, 4.69) is 0 Å². The highest BCUT2D eigenvalue weighted by molar-refractivity contribution is 7.17. The molecule has 0 aliphatic carbocycles. The number of carbonyl (C=O) groups is 1. The zero-order valence-electron chi connectivity index (χ0n) is 11.8. The minimum atomic E-state index is -0.112. The van der Waals surface area contributed by atoms with Crippen molar-refractivity contribution in [3.05, 3.63) is 40.8 Å². The number of ether oxygens (including phenoxy) is 1. The molecule has 5 heteroatoms. The molecule has 1 amide bonds. The average Bonchev–Trinajstić information content (AvgIpc) is 2.90. The molecule has 1 fully saturated rings. The Balaban J connectivity index is 1.87. The summed E-state index contributed by atoms with van der Waals surface area (Å²) < 4.78 is 5.25. The number of morpholine rings is 1. The van der Waals surface area contributed by atoms with E-state index in [-0.39, 0.29) is 11.7 Å². The molecule has 1 aromatic carbocycles. The maximum atomic E-state index is 12.4. The fourth-order valence-corrected chi connectivity index (χ4v) is 3.33. The van der Waals surface area contributed by atoms with Crippen LogP contribution >= 0.6 is 11.3 Å². The molecule has 0 atom stereocenters. The van der Waals surface area contributed by atoms with E-state index in [4.69, 9.17) is 4.74 Å². The van der Waals surface area contributed by atoms with Gasteiger partial charge in [-0.3, -0.25) is 4.79 Å². The van der Waals surface area contributed by atoms with Crippen LogP contribution in [0.1, 0.15) is 15.2 Å². The number of aryl methyl sites for hydroxylation is 1. The van der Waals surface area contributed by atoms with Crippen molar-refractivity contribution in [1.29, 1.82) is 0 Å². The number of aromatic hydroxyl groups is 1.